The molecule has 1 saturated carbocycles. The Balaban J connectivity index is 2.42. The topological polar surface area (TPSA) is 58.9 Å². The molecule has 0 spiro atoms. The zero-order valence-corrected chi connectivity index (χ0v) is 8.83. The van der Waals surface area contributed by atoms with Crippen LogP contribution in [0.1, 0.15) is 25.7 Å². The van der Waals surface area contributed by atoms with Gasteiger partial charge in [0.05, 0.1) is 13.0 Å². The van der Waals surface area contributed by atoms with E-state index in [1.165, 1.54) is 7.11 Å². The first kappa shape index (κ1) is 11.3. The molecule has 5 heteroatoms. The predicted octanol–water partition coefficient (Wildman–Crippen LogP) is 1.99. The van der Waals surface area contributed by atoms with Gasteiger partial charge in [0.1, 0.15) is 5.17 Å². The smallest absolute Gasteiger partial charge is 0.308 e. The summed E-state index contributed by atoms with van der Waals surface area (Å²) in [6, 6.07) is 0. The summed E-state index contributed by atoms with van der Waals surface area (Å²) in [6.07, 6.45) is 3.07. The Morgan fingerprint density at radius 2 is 1.86 bits per heavy atom. The minimum Gasteiger partial charge on any atom is -0.469 e. The Morgan fingerprint density at radius 1 is 1.36 bits per heavy atom. The summed E-state index contributed by atoms with van der Waals surface area (Å²) in [5.41, 5.74) is 0. The van der Waals surface area contributed by atoms with E-state index in [0.29, 0.717) is 0 Å². The predicted molar refractivity (Wildman–Crippen MR) is 52.5 cm³/mol. The lowest BCUT2D eigenvalue weighted by atomic mass is 9.82. The second-order valence-electron chi connectivity index (χ2n) is 3.49. The molecule has 0 aliphatic heterocycles. The van der Waals surface area contributed by atoms with Crippen LogP contribution < -0.4 is 0 Å². The number of ether oxygens (including phenoxy) is 1. The summed E-state index contributed by atoms with van der Waals surface area (Å²) < 4.78 is 4.66. The number of nitrogens with zero attached hydrogens (tertiary/aromatic N) is 1. The number of halogens is 1. The Labute approximate surface area is 87.9 Å². The minimum atomic E-state index is -0.152. The molecule has 1 rings (SSSR count). The second-order valence-corrected chi connectivity index (χ2v) is 3.88. The van der Waals surface area contributed by atoms with Gasteiger partial charge in [-0.25, -0.2) is 0 Å². The number of hydrogen-bond donors (Lipinski definition) is 1. The van der Waals surface area contributed by atoms with E-state index in [1.807, 2.05) is 0 Å². The molecule has 1 aliphatic rings. The zero-order valence-electron chi connectivity index (χ0n) is 8.07. The molecular weight excluding hydrogens is 206 g/mol. The molecule has 0 aromatic heterocycles. The Hall–Kier alpha value is -0.770. The maximum absolute atomic E-state index is 11.2. The number of carbonyl (C=O) groups excluding carboxylic acids is 1. The molecule has 1 aliphatic carbocycles. The third-order valence-corrected chi connectivity index (χ3v) is 3.08. The van der Waals surface area contributed by atoms with E-state index < -0.39 is 0 Å². The van der Waals surface area contributed by atoms with Crippen LogP contribution in [0.3, 0.4) is 0 Å². The van der Waals surface area contributed by atoms with Gasteiger partial charge in [0.15, 0.2) is 0 Å². The minimum absolute atomic E-state index is 0.0144. The van der Waals surface area contributed by atoms with Gasteiger partial charge in [-0.15, -0.1) is 0 Å². The van der Waals surface area contributed by atoms with E-state index in [-0.39, 0.29) is 23.0 Å². The van der Waals surface area contributed by atoms with Gasteiger partial charge in [-0.1, -0.05) is 16.8 Å². The number of oxime groups is 1. The van der Waals surface area contributed by atoms with E-state index in [2.05, 4.69) is 9.89 Å². The van der Waals surface area contributed by atoms with Gasteiger partial charge in [-0.05, 0) is 25.7 Å². The summed E-state index contributed by atoms with van der Waals surface area (Å²) in [4.78, 5) is 11.2. The van der Waals surface area contributed by atoms with Crippen LogP contribution in [0.4, 0.5) is 0 Å². The summed E-state index contributed by atoms with van der Waals surface area (Å²) in [6.45, 7) is 0. The summed E-state index contributed by atoms with van der Waals surface area (Å²) >= 11 is 5.69. The fraction of sp³-hybridized carbons (Fsp3) is 0.778. The number of methoxy groups -OCH3 is 1. The molecule has 0 heterocycles. The number of rotatable bonds is 2. The van der Waals surface area contributed by atoms with Crippen LogP contribution in [0.2, 0.25) is 0 Å². The largest absolute Gasteiger partial charge is 0.469 e. The fourth-order valence-electron chi connectivity index (χ4n) is 1.82. The molecule has 0 bridgehead atoms. The number of esters is 1. The monoisotopic (exact) mass is 219 g/mol. The van der Waals surface area contributed by atoms with Crippen LogP contribution in [0.15, 0.2) is 5.16 Å². The van der Waals surface area contributed by atoms with Crippen molar-refractivity contribution in [3.8, 4) is 0 Å². The van der Waals surface area contributed by atoms with Crippen LogP contribution in [0.5, 0.6) is 0 Å². The van der Waals surface area contributed by atoms with Crippen molar-refractivity contribution < 1.29 is 14.7 Å². The van der Waals surface area contributed by atoms with E-state index in [4.69, 9.17) is 16.8 Å². The third-order valence-electron chi connectivity index (χ3n) is 2.69. The van der Waals surface area contributed by atoms with Crippen LogP contribution in [-0.2, 0) is 9.53 Å². The molecule has 14 heavy (non-hydrogen) atoms. The molecule has 1 N–H and O–H groups in total. The maximum Gasteiger partial charge on any atom is 0.308 e. The molecule has 1 fully saturated rings. The maximum atomic E-state index is 11.2. The molecule has 4 nitrogen and oxygen atoms in total. The van der Waals surface area contributed by atoms with Gasteiger partial charge in [0.25, 0.3) is 0 Å². The first-order valence-electron chi connectivity index (χ1n) is 4.64. The first-order chi connectivity index (χ1) is 6.69. The van der Waals surface area contributed by atoms with Crippen LogP contribution >= 0.6 is 11.6 Å². The molecule has 0 amide bonds. The van der Waals surface area contributed by atoms with Crippen molar-refractivity contribution in [1.29, 1.82) is 0 Å². The highest BCUT2D eigenvalue weighted by molar-refractivity contribution is 6.65. The van der Waals surface area contributed by atoms with Crippen molar-refractivity contribution in [2.24, 2.45) is 17.0 Å². The zero-order chi connectivity index (χ0) is 10.6. The summed E-state index contributed by atoms with van der Waals surface area (Å²) in [5, 5.41) is 11.7. The molecule has 0 atom stereocenters. The van der Waals surface area contributed by atoms with E-state index in [0.717, 1.165) is 25.7 Å². The van der Waals surface area contributed by atoms with Gasteiger partial charge in [-0.2, -0.15) is 0 Å². The first-order valence-corrected chi connectivity index (χ1v) is 5.02. The standard InChI is InChI=1S/C9H14ClNO3/c1-14-9(12)7-4-2-6(3-5-7)8(10)11-13/h6-7,13H,2-5H2,1H3/b11-8+. The van der Waals surface area contributed by atoms with Gasteiger partial charge in [0.2, 0.25) is 0 Å². The van der Waals surface area contributed by atoms with E-state index in [1.54, 1.807) is 0 Å². The normalized spacial score (nSPS) is 28.6. The van der Waals surface area contributed by atoms with Crippen molar-refractivity contribution in [2.75, 3.05) is 7.11 Å². The fourth-order valence-corrected chi connectivity index (χ4v) is 2.03. The van der Waals surface area contributed by atoms with Crippen LogP contribution in [0.25, 0.3) is 0 Å². The van der Waals surface area contributed by atoms with Gasteiger partial charge in [-0.3, -0.25) is 4.79 Å². The number of carbonyl (C=O) groups is 1. The second kappa shape index (κ2) is 5.20. The highest BCUT2D eigenvalue weighted by Gasteiger charge is 2.28. The Bertz CT molecular complexity index is 234. The molecule has 0 radical (unpaired) electrons. The lowest BCUT2D eigenvalue weighted by Crippen LogP contribution is -2.25. The molecule has 0 unspecified atom stereocenters. The average molecular weight is 220 g/mol. The van der Waals surface area contributed by atoms with Crippen LogP contribution in [-0.4, -0.2) is 23.5 Å². The van der Waals surface area contributed by atoms with Crippen molar-refractivity contribution >= 4 is 22.7 Å². The highest BCUT2D eigenvalue weighted by Crippen LogP contribution is 2.31. The quantitative estimate of drug-likeness (QED) is 0.334. The SMILES string of the molecule is COC(=O)C1CCC(/C(Cl)=N\O)CC1. The summed E-state index contributed by atoms with van der Waals surface area (Å²) in [5.74, 6) is -0.0671. The Kier molecular flexibility index (Phi) is 4.20. The van der Waals surface area contributed by atoms with Crippen LogP contribution in [0, 0.1) is 11.8 Å². The average Bonchev–Trinajstić information content (AvgIpc) is 2.27. The van der Waals surface area contributed by atoms with Gasteiger partial charge < -0.3 is 9.94 Å². The lowest BCUT2D eigenvalue weighted by molar-refractivity contribution is -0.146. The lowest BCUT2D eigenvalue weighted by Gasteiger charge is -2.25. The molecule has 80 valence electrons. The van der Waals surface area contributed by atoms with Gasteiger partial charge >= 0.3 is 5.97 Å². The van der Waals surface area contributed by atoms with Crippen molar-refractivity contribution in [3.05, 3.63) is 0 Å². The molecule has 0 aromatic rings. The van der Waals surface area contributed by atoms with Crippen molar-refractivity contribution in [1.82, 2.24) is 0 Å². The highest BCUT2D eigenvalue weighted by atomic mass is 35.5. The number of hydrogen-bond acceptors (Lipinski definition) is 4. The van der Waals surface area contributed by atoms with E-state index >= 15 is 0 Å². The Morgan fingerprint density at radius 3 is 2.29 bits per heavy atom. The van der Waals surface area contributed by atoms with Gasteiger partial charge in [0, 0.05) is 5.92 Å². The molecule has 0 aromatic carbocycles. The summed E-state index contributed by atoms with van der Waals surface area (Å²) in [7, 11) is 1.40. The van der Waals surface area contributed by atoms with E-state index in [9.17, 15) is 4.79 Å². The van der Waals surface area contributed by atoms with Crippen molar-refractivity contribution in [2.45, 2.75) is 25.7 Å². The van der Waals surface area contributed by atoms with Crippen molar-refractivity contribution in [3.63, 3.8) is 0 Å². The molecular formula is C9H14ClNO3. The third kappa shape index (κ3) is 2.61. The molecule has 0 saturated heterocycles.